The quantitative estimate of drug-likeness (QED) is 0.0161. The van der Waals surface area contributed by atoms with Crippen molar-refractivity contribution >= 4 is 117 Å². The highest BCUT2D eigenvalue weighted by Crippen LogP contribution is 2.36. The second-order valence-electron chi connectivity index (χ2n) is 20.2. The number of hydrogen-bond acceptors (Lipinski definition) is 28. The minimum Gasteiger partial charge on any atom is -0.494 e. The molecule has 4 aromatic heterocycles. The number of benzene rings is 5. The van der Waals surface area contributed by atoms with Crippen LogP contribution in [0.15, 0.2) is 161 Å². The van der Waals surface area contributed by atoms with Crippen molar-refractivity contribution in [1.82, 2.24) is 39.9 Å². The summed E-state index contributed by atoms with van der Waals surface area (Å²) in [5.74, 6) is 4.96. The van der Waals surface area contributed by atoms with E-state index in [0.717, 1.165) is 34.0 Å². The van der Waals surface area contributed by atoms with Gasteiger partial charge < -0.3 is 88.5 Å². The van der Waals surface area contributed by atoms with Crippen LogP contribution in [0.2, 0.25) is 0 Å². The summed E-state index contributed by atoms with van der Waals surface area (Å²) in [5.41, 5.74) is 33.7. The maximum Gasteiger partial charge on any atom is 0.239 e. The fourth-order valence-electron chi connectivity index (χ4n) is 9.19. The number of nitrogens with zero attached hydrogens (tertiary/aromatic N) is 13. The summed E-state index contributed by atoms with van der Waals surface area (Å²) in [5, 5.41) is 33.6. The third-order valence-corrected chi connectivity index (χ3v) is 13.8. The molecule has 30 heteroatoms. The number of anilines is 15. The fraction of sp³-hybridized carbons (Fsp3) is 0.212. The second-order valence-corrected chi connectivity index (χ2v) is 20.2. The first-order chi connectivity index (χ1) is 46.8. The molecule has 10 rings (SSSR count). The van der Waals surface area contributed by atoms with Crippen LogP contribution in [0.4, 0.5) is 86.4 Å². The van der Waals surface area contributed by atoms with E-state index in [1.165, 1.54) is 130 Å². The van der Waals surface area contributed by atoms with E-state index in [2.05, 4.69) is 131 Å². The van der Waals surface area contributed by atoms with Gasteiger partial charge in [0.15, 0.2) is 0 Å². The molecule has 1 amide bonds. The summed E-state index contributed by atoms with van der Waals surface area (Å²) in [4.78, 5) is 65.8. The van der Waals surface area contributed by atoms with Gasteiger partial charge >= 0.3 is 0 Å². The monoisotopic (exact) mass is 1300 g/mol. The SMILES string of the molecule is CO/N=C/c1c(N)ncnc1Nc1ccc(C2CCCCC2)cc1.CO/N=C/c1c(N)ncnc1Nc1ccc(NC(C)=O)cc1OC.CO/N=C/c1c(N)ncnc1Nc1ccc(Nc2ccccc2)cc1OC.[C-]#[N+]Cc1ccc(Nc2ncnc(N)c2/C=N/OC)cc1. The molecule has 0 unspecified atom stereocenters. The van der Waals surface area contributed by atoms with Gasteiger partial charge in [0.25, 0.3) is 0 Å². The average Bonchev–Trinajstić information content (AvgIpc) is 0.902. The lowest BCUT2D eigenvalue weighted by Gasteiger charge is -2.22. The van der Waals surface area contributed by atoms with Gasteiger partial charge in [-0.25, -0.2) is 46.4 Å². The van der Waals surface area contributed by atoms with Crippen LogP contribution in [0.25, 0.3) is 4.85 Å². The first kappa shape index (κ1) is 70.5. The Morgan fingerprint density at radius 2 is 0.854 bits per heavy atom. The summed E-state index contributed by atoms with van der Waals surface area (Å²) in [6, 6.07) is 36.9. The predicted octanol–water partition coefficient (Wildman–Crippen LogP) is 11.3. The number of ether oxygens (including phenoxy) is 2. The van der Waals surface area contributed by atoms with Crippen LogP contribution in [0.1, 0.15) is 78.3 Å². The van der Waals surface area contributed by atoms with Gasteiger partial charge in [0.1, 0.15) is 112 Å². The van der Waals surface area contributed by atoms with Crippen molar-refractivity contribution in [2.45, 2.75) is 51.5 Å². The molecule has 5 aromatic carbocycles. The van der Waals surface area contributed by atoms with Crippen molar-refractivity contribution < 1.29 is 33.6 Å². The lowest BCUT2D eigenvalue weighted by molar-refractivity contribution is -0.114. The van der Waals surface area contributed by atoms with E-state index in [1.807, 2.05) is 72.8 Å². The molecule has 1 aliphatic carbocycles. The molecule has 0 spiro atoms. The number of nitrogens with one attached hydrogen (secondary N) is 6. The van der Waals surface area contributed by atoms with E-state index in [4.69, 9.17) is 48.7 Å². The number of methoxy groups -OCH3 is 2. The van der Waals surface area contributed by atoms with Gasteiger partial charge in [0, 0.05) is 53.1 Å². The number of amides is 1. The van der Waals surface area contributed by atoms with Crippen molar-refractivity contribution in [3.05, 3.63) is 185 Å². The molecule has 1 saturated carbocycles. The van der Waals surface area contributed by atoms with Gasteiger partial charge in [0.05, 0.1) is 72.7 Å². The largest absolute Gasteiger partial charge is 0.494 e. The van der Waals surface area contributed by atoms with Gasteiger partial charge in [-0.3, -0.25) is 4.79 Å². The van der Waals surface area contributed by atoms with Crippen LogP contribution in [0, 0.1) is 6.57 Å². The average molecular weight is 1300 g/mol. The molecule has 96 heavy (non-hydrogen) atoms. The molecular formula is C66H75N23O7. The smallest absolute Gasteiger partial charge is 0.239 e. The highest BCUT2D eigenvalue weighted by Gasteiger charge is 2.18. The number of carbonyl (C=O) groups excluding carboxylic acids is 1. The number of rotatable bonds is 23. The van der Waals surface area contributed by atoms with Crippen LogP contribution < -0.4 is 64.3 Å². The van der Waals surface area contributed by atoms with Crippen LogP contribution >= 0.6 is 0 Å². The Kier molecular flexibility index (Phi) is 27.5. The molecule has 14 N–H and O–H groups in total. The highest BCUT2D eigenvalue weighted by atomic mass is 16.6. The van der Waals surface area contributed by atoms with Gasteiger partial charge in [-0.1, -0.05) is 70.2 Å². The van der Waals surface area contributed by atoms with Crippen molar-refractivity contribution in [1.29, 1.82) is 0 Å². The van der Waals surface area contributed by atoms with Crippen molar-refractivity contribution in [3.63, 3.8) is 0 Å². The molecule has 4 heterocycles. The standard InChI is InChI=1S/C19H20N6O2.C18H23N5O.C15H18N6O3.C14H14N6O/c1-26-17-10-14(24-13-6-4-3-5-7-13)8-9-16(17)25-19-15(11-23-27-2)18(20)21-12-22-19;1-24-22-11-16-17(19)20-12-21-18(16)23-15-9-7-14(8-10-15)13-5-3-2-4-6-13;1-9(22)20-10-4-5-12(13(6-10)23-2)21-15-11(7-19-24-3)14(16)17-8-18-15;1-16-7-10-3-5-11(6-4-10)20-14-12(8-19-21-2)13(15)17-9-18-14/h3-12,24H,1-2H3,(H3,20,21,22,25);7-13H,2-6H2,1H3,(H3,19,20,21,23);4-8H,1-3H3,(H,20,22)(H3,16,17,18,21);3-6,8-9H,7H2,2H3,(H3,15,17,18,20)/b23-11+;22-11+;19-7+;19-8+. The topological polar surface area (TPSA) is 406 Å². The first-order valence-corrected chi connectivity index (χ1v) is 29.5. The van der Waals surface area contributed by atoms with E-state index in [9.17, 15) is 4.79 Å². The molecule has 0 saturated heterocycles. The third-order valence-electron chi connectivity index (χ3n) is 13.8. The zero-order valence-corrected chi connectivity index (χ0v) is 53.9. The Labute approximate surface area is 554 Å². The van der Waals surface area contributed by atoms with Gasteiger partial charge in [-0.05, 0) is 97.1 Å². The molecule has 0 bridgehead atoms. The molecular weight excluding hydrogens is 1230 g/mol. The Morgan fingerprint density at radius 3 is 1.25 bits per heavy atom. The molecule has 496 valence electrons. The lowest BCUT2D eigenvalue weighted by Crippen LogP contribution is -2.07. The summed E-state index contributed by atoms with van der Waals surface area (Å²) < 4.78 is 10.9. The van der Waals surface area contributed by atoms with Gasteiger partial charge in [-0.15, -0.1) is 0 Å². The van der Waals surface area contributed by atoms with Crippen molar-refractivity contribution in [2.24, 2.45) is 20.6 Å². The van der Waals surface area contributed by atoms with Crippen LogP contribution in [0.5, 0.6) is 11.5 Å². The van der Waals surface area contributed by atoms with E-state index < -0.39 is 0 Å². The molecule has 0 radical (unpaired) electrons. The van der Waals surface area contributed by atoms with E-state index in [1.54, 1.807) is 25.3 Å². The number of para-hydroxylation sites is 1. The maximum absolute atomic E-state index is 11.1. The van der Waals surface area contributed by atoms with Crippen molar-refractivity contribution in [2.75, 3.05) is 97.5 Å². The number of oxime groups is 4. The molecule has 1 aliphatic rings. The maximum atomic E-state index is 11.1. The van der Waals surface area contributed by atoms with Crippen LogP contribution in [-0.2, 0) is 30.7 Å². The number of nitrogen functional groups attached to an aromatic ring is 4. The summed E-state index contributed by atoms with van der Waals surface area (Å²) >= 11 is 0. The summed E-state index contributed by atoms with van der Waals surface area (Å²) in [6.07, 6.45) is 18.0. The Hall–Kier alpha value is -12.9. The van der Waals surface area contributed by atoms with Gasteiger partial charge in [0.2, 0.25) is 12.5 Å². The second kappa shape index (κ2) is 37.4. The first-order valence-electron chi connectivity index (χ1n) is 29.5. The molecule has 9 aromatic rings. The summed E-state index contributed by atoms with van der Waals surface area (Å²) in [6.45, 7) is 8.64. The van der Waals surface area contributed by atoms with E-state index in [-0.39, 0.29) is 17.5 Å². The molecule has 1 fully saturated rings. The lowest BCUT2D eigenvalue weighted by atomic mass is 9.84. The van der Waals surface area contributed by atoms with E-state index >= 15 is 0 Å². The van der Waals surface area contributed by atoms with E-state index in [0.29, 0.717) is 92.5 Å². The summed E-state index contributed by atoms with van der Waals surface area (Å²) in [7, 11) is 8.93. The van der Waals surface area contributed by atoms with Gasteiger partial charge in [-0.2, -0.15) is 0 Å². The number of aromatic nitrogens is 8. The molecule has 0 atom stereocenters. The Balaban J connectivity index is 0.000000181. The fourth-order valence-corrected chi connectivity index (χ4v) is 9.19. The van der Waals surface area contributed by atoms with Crippen molar-refractivity contribution in [3.8, 4) is 11.5 Å². The molecule has 30 nitrogen and oxygen atoms in total. The van der Waals surface area contributed by atoms with Crippen LogP contribution in [0.3, 0.4) is 0 Å². The third kappa shape index (κ3) is 21.3. The molecule has 0 aliphatic heterocycles. The predicted molar refractivity (Wildman–Crippen MR) is 376 cm³/mol. The Bertz CT molecular complexity index is 4110. The number of carbonyl (C=O) groups is 1. The zero-order chi connectivity index (χ0) is 68.4. The van der Waals surface area contributed by atoms with Crippen LogP contribution in [-0.4, -0.2) is 113 Å². The minimum absolute atomic E-state index is 0.167. The number of nitrogens with two attached hydrogens (primary N) is 4. The minimum atomic E-state index is -0.167. The zero-order valence-electron chi connectivity index (χ0n) is 53.9. The normalized spacial score (nSPS) is 11.7. The Morgan fingerprint density at radius 1 is 0.479 bits per heavy atom. The number of hydrogen-bond donors (Lipinski definition) is 10. The highest BCUT2D eigenvalue weighted by molar-refractivity contribution is 5.96.